The summed E-state index contributed by atoms with van der Waals surface area (Å²) in [4.78, 5) is 5.16. The number of furan rings is 1. The van der Waals surface area contributed by atoms with E-state index in [-0.39, 0.29) is 28.4 Å². The minimum atomic E-state index is -0.0241. The summed E-state index contributed by atoms with van der Waals surface area (Å²) in [6, 6.07) is 42.0. The van der Waals surface area contributed by atoms with E-state index in [4.69, 9.17) is 4.42 Å². The number of rotatable bonds is 2. The summed E-state index contributed by atoms with van der Waals surface area (Å²) < 4.78 is 9.64. The van der Waals surface area contributed by atoms with Crippen LogP contribution in [-0.4, -0.2) is 6.71 Å². The van der Waals surface area contributed by atoms with E-state index in [1.54, 1.807) is 0 Å². The van der Waals surface area contributed by atoms with Crippen molar-refractivity contribution in [3.05, 3.63) is 137 Å². The van der Waals surface area contributed by atoms with E-state index in [0.717, 1.165) is 27.6 Å². The van der Waals surface area contributed by atoms with Gasteiger partial charge in [0.05, 0.1) is 11.4 Å². The van der Waals surface area contributed by atoms with Crippen molar-refractivity contribution in [2.45, 2.75) is 111 Å². The quantitative estimate of drug-likeness (QED) is 0.162. The Balaban J connectivity index is 1.27. The zero-order chi connectivity index (χ0) is 41.8. The van der Waals surface area contributed by atoms with Crippen LogP contribution in [0.2, 0.25) is 0 Å². The molecule has 8 aromatic rings. The molecular formula is C55H55BN2OS. The molecule has 0 amide bonds. The summed E-state index contributed by atoms with van der Waals surface area (Å²) in [5.41, 5.74) is 19.1. The molecular weight excluding hydrogens is 747 g/mol. The van der Waals surface area contributed by atoms with Crippen LogP contribution in [0.4, 0.5) is 34.1 Å². The molecule has 4 heterocycles. The van der Waals surface area contributed by atoms with Crippen LogP contribution in [0.3, 0.4) is 0 Å². The molecule has 3 nitrogen and oxygen atoms in total. The van der Waals surface area contributed by atoms with Crippen LogP contribution in [-0.2, 0) is 21.7 Å². The van der Waals surface area contributed by atoms with Crippen molar-refractivity contribution in [2.24, 2.45) is 0 Å². The Morgan fingerprint density at radius 3 is 1.93 bits per heavy atom. The Labute approximate surface area is 360 Å². The van der Waals surface area contributed by atoms with Gasteiger partial charge in [-0.15, -0.1) is 11.3 Å². The third kappa shape index (κ3) is 5.40. The Bertz CT molecular complexity index is 3090. The fourth-order valence-corrected chi connectivity index (χ4v) is 12.0. The number of hydrogen-bond donors (Lipinski definition) is 0. The van der Waals surface area contributed by atoms with E-state index in [1.165, 1.54) is 94.9 Å². The Morgan fingerprint density at radius 2 is 1.23 bits per heavy atom. The molecule has 0 spiro atoms. The molecule has 60 heavy (non-hydrogen) atoms. The molecule has 0 saturated carbocycles. The van der Waals surface area contributed by atoms with E-state index in [9.17, 15) is 0 Å². The van der Waals surface area contributed by atoms with Gasteiger partial charge in [0.2, 0.25) is 0 Å². The first-order valence-corrected chi connectivity index (χ1v) is 22.7. The van der Waals surface area contributed by atoms with E-state index in [0.29, 0.717) is 0 Å². The summed E-state index contributed by atoms with van der Waals surface area (Å²) in [7, 11) is 0. The van der Waals surface area contributed by atoms with E-state index < -0.39 is 0 Å². The predicted octanol–water partition coefficient (Wildman–Crippen LogP) is 14.1. The minimum absolute atomic E-state index is 0.0241. The molecule has 0 N–H and O–H groups in total. The number of fused-ring (bicyclic) bond motifs is 10. The standard InChI is InChI=1S/C55H55BN2OS/c1-32-27-44-48-45(28-32)58(43-17-14-16-37-36-15-12-13-18-46(36)59-50(37)43)42-24-21-34(53(5,6)7)29-41(42)56(48)51-49(57(44)35-22-19-33(20-23-35)52(2,3)4)38-30-39-40(31-47(38)60-51)55(10,11)26-25-54(39,8)9/h12-24,27-31H,25-26H2,1-11H3. The van der Waals surface area contributed by atoms with Crippen LogP contribution in [0.5, 0.6) is 0 Å². The minimum Gasteiger partial charge on any atom is -0.454 e. The summed E-state index contributed by atoms with van der Waals surface area (Å²) >= 11 is 2.02. The Morgan fingerprint density at radius 1 is 0.600 bits per heavy atom. The van der Waals surface area contributed by atoms with Crippen molar-refractivity contribution in [3.63, 3.8) is 0 Å². The van der Waals surface area contributed by atoms with Crippen LogP contribution < -0.4 is 25.5 Å². The number of thiophene rings is 1. The van der Waals surface area contributed by atoms with Crippen LogP contribution in [0.1, 0.15) is 110 Å². The lowest BCUT2D eigenvalue weighted by Crippen LogP contribution is -2.60. The molecule has 0 fully saturated rings. The van der Waals surface area contributed by atoms with E-state index in [2.05, 4.69) is 195 Å². The normalized spacial score (nSPS) is 16.6. The number of anilines is 6. The molecule has 5 heteroatoms. The van der Waals surface area contributed by atoms with Gasteiger partial charge in [-0.05, 0) is 135 Å². The van der Waals surface area contributed by atoms with Crippen molar-refractivity contribution in [1.82, 2.24) is 0 Å². The van der Waals surface area contributed by atoms with Gasteiger partial charge < -0.3 is 14.2 Å². The molecule has 0 unspecified atom stereocenters. The van der Waals surface area contributed by atoms with E-state index in [1.807, 2.05) is 11.3 Å². The van der Waals surface area contributed by atoms with Crippen LogP contribution >= 0.6 is 11.3 Å². The molecule has 1 aliphatic carbocycles. The third-order valence-corrected chi connectivity index (χ3v) is 15.5. The highest BCUT2D eigenvalue weighted by Gasteiger charge is 2.47. The van der Waals surface area contributed by atoms with Gasteiger partial charge in [-0.2, -0.15) is 0 Å². The predicted molar refractivity (Wildman–Crippen MR) is 261 cm³/mol. The molecule has 2 aromatic heterocycles. The molecule has 2 aliphatic heterocycles. The second-order valence-corrected chi connectivity index (χ2v) is 22.5. The van der Waals surface area contributed by atoms with Gasteiger partial charge in [-0.25, -0.2) is 0 Å². The second kappa shape index (κ2) is 12.4. The molecule has 0 atom stereocenters. The van der Waals surface area contributed by atoms with Crippen LogP contribution in [0.25, 0.3) is 32.0 Å². The maximum Gasteiger partial charge on any atom is 0.264 e. The van der Waals surface area contributed by atoms with Gasteiger partial charge in [-0.3, -0.25) is 0 Å². The lowest BCUT2D eigenvalue weighted by molar-refractivity contribution is 0.332. The highest BCUT2D eigenvalue weighted by atomic mass is 32.1. The van der Waals surface area contributed by atoms with Crippen molar-refractivity contribution < 1.29 is 4.42 Å². The zero-order valence-corrected chi connectivity index (χ0v) is 37.9. The fraction of sp³-hybridized carbons (Fsp3) is 0.309. The lowest BCUT2D eigenvalue weighted by Gasteiger charge is -2.44. The first kappa shape index (κ1) is 37.7. The monoisotopic (exact) mass is 802 g/mol. The van der Waals surface area contributed by atoms with Gasteiger partial charge in [0.1, 0.15) is 5.58 Å². The van der Waals surface area contributed by atoms with Crippen LogP contribution in [0.15, 0.2) is 114 Å². The Hall–Kier alpha value is -5.26. The molecule has 300 valence electrons. The number of aryl methyl sites for hydroxylation is 1. The zero-order valence-electron chi connectivity index (χ0n) is 37.1. The highest BCUT2D eigenvalue weighted by Crippen LogP contribution is 2.53. The van der Waals surface area contributed by atoms with Crippen molar-refractivity contribution in [1.29, 1.82) is 0 Å². The van der Waals surface area contributed by atoms with Crippen molar-refractivity contribution >= 4 is 99.9 Å². The molecule has 0 saturated heterocycles. The molecule has 11 rings (SSSR count). The van der Waals surface area contributed by atoms with Gasteiger partial charge in [0, 0.05) is 48.4 Å². The first-order valence-electron chi connectivity index (χ1n) is 21.9. The average molecular weight is 803 g/mol. The smallest absolute Gasteiger partial charge is 0.264 e. The Kier molecular flexibility index (Phi) is 7.81. The summed E-state index contributed by atoms with van der Waals surface area (Å²) in [6.07, 6.45) is 2.39. The van der Waals surface area contributed by atoms with E-state index >= 15 is 0 Å². The maximum absolute atomic E-state index is 6.83. The van der Waals surface area contributed by atoms with Gasteiger partial charge >= 0.3 is 0 Å². The lowest BCUT2D eigenvalue weighted by atomic mass is 9.36. The van der Waals surface area contributed by atoms with Crippen LogP contribution in [0, 0.1) is 6.92 Å². The van der Waals surface area contributed by atoms with Gasteiger partial charge in [-0.1, -0.05) is 124 Å². The molecule has 0 radical (unpaired) electrons. The molecule has 0 bridgehead atoms. The van der Waals surface area contributed by atoms with Gasteiger partial charge in [0.25, 0.3) is 6.71 Å². The number of benzene rings is 6. The molecule has 3 aliphatic rings. The first-order chi connectivity index (χ1) is 28.4. The third-order valence-electron chi connectivity index (χ3n) is 14.3. The topological polar surface area (TPSA) is 19.6 Å². The summed E-state index contributed by atoms with van der Waals surface area (Å²) in [6.45, 7) is 26.1. The maximum atomic E-state index is 6.83. The largest absolute Gasteiger partial charge is 0.454 e. The number of hydrogen-bond acceptors (Lipinski definition) is 4. The van der Waals surface area contributed by atoms with Gasteiger partial charge in [0.15, 0.2) is 5.58 Å². The number of nitrogens with zero attached hydrogens (tertiary/aromatic N) is 2. The average Bonchev–Trinajstić information content (AvgIpc) is 3.77. The fourth-order valence-electron chi connectivity index (χ4n) is 10.7. The molecule has 6 aromatic carbocycles. The SMILES string of the molecule is Cc1cc2c3c(c1)N(c1cccc4c1oc1ccccc14)c1ccc(C(C)(C)C)cc1B3c1sc3cc4c(cc3c1N2c1ccc(C(C)(C)C)cc1)C(C)(C)CCC4(C)C. The summed E-state index contributed by atoms with van der Waals surface area (Å²) in [5, 5.41) is 3.66. The second-order valence-electron chi connectivity index (χ2n) is 21.4. The van der Waals surface area contributed by atoms with Crippen molar-refractivity contribution in [2.75, 3.05) is 9.80 Å². The highest BCUT2D eigenvalue weighted by molar-refractivity contribution is 7.33. The number of para-hydroxylation sites is 2. The van der Waals surface area contributed by atoms with Crippen molar-refractivity contribution in [3.8, 4) is 0 Å². The summed E-state index contributed by atoms with van der Waals surface area (Å²) in [5.74, 6) is 0.